The Morgan fingerprint density at radius 2 is 1.37 bits per heavy atom. The zero-order chi connectivity index (χ0) is 13.3. The van der Waals surface area contributed by atoms with Gasteiger partial charge in [0, 0.05) is 13.1 Å². The SMILES string of the molecule is CC1(C)CNCC(C)(C2C3CC4CC(C3)CC2C4)C1. The molecule has 4 aliphatic carbocycles. The molecule has 5 rings (SSSR count). The number of nitrogens with one attached hydrogen (secondary N) is 1. The Morgan fingerprint density at radius 3 is 1.89 bits per heavy atom. The molecule has 4 bridgehead atoms. The highest BCUT2D eigenvalue weighted by Crippen LogP contribution is 2.62. The van der Waals surface area contributed by atoms with E-state index in [1.54, 1.807) is 32.1 Å². The largest absolute Gasteiger partial charge is 0.316 e. The first-order valence-corrected chi connectivity index (χ1v) is 8.66. The smallest absolute Gasteiger partial charge is 0.000846 e. The second kappa shape index (κ2) is 4.00. The summed E-state index contributed by atoms with van der Waals surface area (Å²) in [5.74, 6) is 5.43. The molecule has 0 radical (unpaired) electrons. The van der Waals surface area contributed by atoms with Crippen LogP contribution in [-0.2, 0) is 0 Å². The van der Waals surface area contributed by atoms with E-state index in [-0.39, 0.29) is 0 Å². The van der Waals surface area contributed by atoms with Gasteiger partial charge in [0.2, 0.25) is 0 Å². The fourth-order valence-corrected chi connectivity index (χ4v) is 7.20. The van der Waals surface area contributed by atoms with Gasteiger partial charge in [-0.1, -0.05) is 20.8 Å². The fraction of sp³-hybridized carbons (Fsp3) is 1.00. The summed E-state index contributed by atoms with van der Waals surface area (Å²) in [6.45, 7) is 10.0. The van der Waals surface area contributed by atoms with Crippen molar-refractivity contribution in [3.63, 3.8) is 0 Å². The molecule has 0 amide bonds. The van der Waals surface area contributed by atoms with Crippen molar-refractivity contribution < 1.29 is 0 Å². The molecule has 1 unspecified atom stereocenters. The highest BCUT2D eigenvalue weighted by Gasteiger charge is 2.55. The molecular formula is C18H31N. The summed E-state index contributed by atoms with van der Waals surface area (Å²) in [5.41, 5.74) is 1.08. The number of hydrogen-bond donors (Lipinski definition) is 1. The highest BCUT2D eigenvalue weighted by molar-refractivity contribution is 5.06. The van der Waals surface area contributed by atoms with Crippen LogP contribution in [0.4, 0.5) is 0 Å². The zero-order valence-electron chi connectivity index (χ0n) is 13.0. The maximum atomic E-state index is 3.77. The summed E-state index contributed by atoms with van der Waals surface area (Å²) in [5, 5.41) is 3.77. The van der Waals surface area contributed by atoms with Gasteiger partial charge >= 0.3 is 0 Å². The van der Waals surface area contributed by atoms with Gasteiger partial charge in [-0.05, 0) is 78.9 Å². The second-order valence-corrected chi connectivity index (χ2v) is 9.56. The summed E-state index contributed by atoms with van der Waals surface area (Å²) in [6, 6.07) is 0. The Morgan fingerprint density at radius 1 is 0.789 bits per heavy atom. The zero-order valence-corrected chi connectivity index (χ0v) is 13.0. The molecule has 4 saturated carbocycles. The van der Waals surface area contributed by atoms with Crippen LogP contribution in [0, 0.1) is 40.4 Å². The van der Waals surface area contributed by atoms with Gasteiger partial charge in [0.1, 0.15) is 0 Å². The van der Waals surface area contributed by atoms with Crippen LogP contribution in [-0.4, -0.2) is 13.1 Å². The third-order valence-electron chi connectivity index (χ3n) is 7.05. The first kappa shape index (κ1) is 12.7. The van der Waals surface area contributed by atoms with E-state index in [4.69, 9.17) is 0 Å². The highest BCUT2D eigenvalue weighted by atomic mass is 14.9. The molecule has 0 aromatic heterocycles. The van der Waals surface area contributed by atoms with E-state index >= 15 is 0 Å². The van der Waals surface area contributed by atoms with Crippen molar-refractivity contribution in [1.82, 2.24) is 5.32 Å². The number of piperidine rings is 1. The van der Waals surface area contributed by atoms with E-state index in [2.05, 4.69) is 26.1 Å². The van der Waals surface area contributed by atoms with Gasteiger partial charge in [-0.15, -0.1) is 0 Å². The van der Waals surface area contributed by atoms with Crippen LogP contribution < -0.4 is 5.32 Å². The van der Waals surface area contributed by atoms with Gasteiger partial charge in [-0.2, -0.15) is 0 Å². The average Bonchev–Trinajstić information content (AvgIpc) is 2.24. The molecular weight excluding hydrogens is 230 g/mol. The monoisotopic (exact) mass is 261 g/mol. The Labute approximate surface area is 118 Å². The Bertz CT molecular complexity index is 344. The first-order chi connectivity index (χ1) is 8.95. The minimum absolute atomic E-state index is 0.502. The van der Waals surface area contributed by atoms with E-state index in [1.807, 2.05) is 0 Å². The summed E-state index contributed by atoms with van der Waals surface area (Å²) in [4.78, 5) is 0. The van der Waals surface area contributed by atoms with E-state index in [0.29, 0.717) is 10.8 Å². The lowest BCUT2D eigenvalue weighted by molar-refractivity contribution is -0.109. The lowest BCUT2D eigenvalue weighted by Gasteiger charge is -2.61. The Balaban J connectivity index is 1.61. The predicted molar refractivity (Wildman–Crippen MR) is 79.9 cm³/mol. The van der Waals surface area contributed by atoms with Crippen LogP contribution in [0.2, 0.25) is 0 Å². The number of hydrogen-bond acceptors (Lipinski definition) is 1. The van der Waals surface area contributed by atoms with Gasteiger partial charge in [-0.3, -0.25) is 0 Å². The van der Waals surface area contributed by atoms with E-state index in [0.717, 1.165) is 29.6 Å². The molecule has 19 heavy (non-hydrogen) atoms. The molecule has 108 valence electrons. The summed E-state index contributed by atoms with van der Waals surface area (Å²) in [6.07, 6.45) is 9.34. The van der Waals surface area contributed by atoms with Gasteiger partial charge in [0.15, 0.2) is 0 Å². The summed E-state index contributed by atoms with van der Waals surface area (Å²) < 4.78 is 0. The molecule has 0 aromatic rings. The van der Waals surface area contributed by atoms with Crippen molar-refractivity contribution >= 4 is 0 Å². The van der Waals surface area contributed by atoms with Crippen LogP contribution in [0.25, 0.3) is 0 Å². The third-order valence-corrected chi connectivity index (χ3v) is 7.05. The third kappa shape index (κ3) is 1.99. The first-order valence-electron chi connectivity index (χ1n) is 8.66. The number of rotatable bonds is 1. The minimum atomic E-state index is 0.502. The van der Waals surface area contributed by atoms with Crippen molar-refractivity contribution in [3.05, 3.63) is 0 Å². The van der Waals surface area contributed by atoms with E-state index < -0.39 is 0 Å². The van der Waals surface area contributed by atoms with Crippen molar-refractivity contribution in [2.75, 3.05) is 13.1 Å². The van der Waals surface area contributed by atoms with Crippen LogP contribution in [0.3, 0.4) is 0 Å². The normalized spacial score (nSPS) is 55.4. The standard InChI is InChI=1S/C18H31N/c1-17(2)9-18(3,11-19-10-17)16-14-5-12-4-13(7-14)8-15(16)6-12/h12-16,19H,4-11H2,1-3H3. The predicted octanol–water partition coefficient (Wildman–Crippen LogP) is 4.08. The average molecular weight is 261 g/mol. The summed E-state index contributed by atoms with van der Waals surface area (Å²) in [7, 11) is 0. The lowest BCUT2D eigenvalue weighted by Crippen LogP contribution is -2.57. The van der Waals surface area contributed by atoms with Gasteiger partial charge in [0.05, 0.1) is 0 Å². The van der Waals surface area contributed by atoms with Gasteiger partial charge < -0.3 is 5.32 Å². The van der Waals surface area contributed by atoms with Crippen molar-refractivity contribution in [2.45, 2.75) is 59.3 Å². The molecule has 1 saturated heterocycles. The molecule has 1 heteroatoms. The Hall–Kier alpha value is -0.0400. The molecule has 1 aliphatic heterocycles. The maximum absolute atomic E-state index is 3.77. The molecule has 1 nitrogen and oxygen atoms in total. The molecule has 5 fully saturated rings. The molecule has 5 aliphatic rings. The van der Waals surface area contributed by atoms with E-state index in [1.165, 1.54) is 19.5 Å². The maximum Gasteiger partial charge on any atom is 0.000846 e. The van der Waals surface area contributed by atoms with Crippen LogP contribution in [0.1, 0.15) is 59.3 Å². The summed E-state index contributed by atoms with van der Waals surface area (Å²) >= 11 is 0. The van der Waals surface area contributed by atoms with Gasteiger partial charge in [-0.25, -0.2) is 0 Å². The fourth-order valence-electron chi connectivity index (χ4n) is 7.20. The minimum Gasteiger partial charge on any atom is -0.316 e. The van der Waals surface area contributed by atoms with Crippen molar-refractivity contribution in [3.8, 4) is 0 Å². The lowest BCUT2D eigenvalue weighted by atomic mass is 9.45. The van der Waals surface area contributed by atoms with Crippen LogP contribution >= 0.6 is 0 Å². The molecule has 0 aromatic carbocycles. The quantitative estimate of drug-likeness (QED) is 0.750. The topological polar surface area (TPSA) is 12.0 Å². The van der Waals surface area contributed by atoms with Crippen LogP contribution in [0.5, 0.6) is 0 Å². The molecule has 1 atom stereocenters. The van der Waals surface area contributed by atoms with E-state index in [9.17, 15) is 0 Å². The van der Waals surface area contributed by atoms with Crippen molar-refractivity contribution in [2.24, 2.45) is 40.4 Å². The molecule has 0 spiro atoms. The Kier molecular flexibility index (Phi) is 2.67. The second-order valence-electron chi connectivity index (χ2n) is 9.56. The molecule has 1 N–H and O–H groups in total. The van der Waals surface area contributed by atoms with Crippen LogP contribution in [0.15, 0.2) is 0 Å². The van der Waals surface area contributed by atoms with Crippen molar-refractivity contribution in [1.29, 1.82) is 0 Å². The van der Waals surface area contributed by atoms with Gasteiger partial charge in [0.25, 0.3) is 0 Å². The molecule has 1 heterocycles.